The maximum atomic E-state index is 12.4. The van der Waals surface area contributed by atoms with Gasteiger partial charge in [-0.15, -0.1) is 0 Å². The minimum Gasteiger partial charge on any atom is -0.345 e. The Balaban J connectivity index is 1.54. The van der Waals surface area contributed by atoms with Crippen LogP contribution in [0, 0.1) is 11.8 Å². The summed E-state index contributed by atoms with van der Waals surface area (Å²) >= 11 is 0. The zero-order valence-corrected chi connectivity index (χ0v) is 13.5. The number of amides is 2. The number of likely N-dealkylation sites (tertiary alicyclic amines) is 1. The lowest BCUT2D eigenvalue weighted by Gasteiger charge is -2.31. The molecule has 8 heteroatoms. The molecular formula is C15H23N5O3. The molecule has 2 aliphatic rings. The van der Waals surface area contributed by atoms with Crippen LogP contribution in [0.15, 0.2) is 4.79 Å². The molecule has 0 bridgehead atoms. The van der Waals surface area contributed by atoms with Gasteiger partial charge in [-0.25, -0.2) is 9.89 Å². The molecule has 0 aromatic carbocycles. The molecule has 0 radical (unpaired) electrons. The standard InChI is InChI=1S/C15H23N5O3/c1-19-8-10-6-11(5-9(10)7-14(19)22)20(2)13(21)4-3-12-16-15(23)18-17-12/h9-11H,3-8H2,1-2H3,(H2,16,17,18,23)/t9-,10+,11-/m0/s1. The molecule has 2 fully saturated rings. The van der Waals surface area contributed by atoms with E-state index >= 15 is 0 Å². The molecule has 126 valence electrons. The highest BCUT2D eigenvalue weighted by atomic mass is 16.2. The first kappa shape index (κ1) is 15.8. The Morgan fingerprint density at radius 3 is 2.78 bits per heavy atom. The number of nitrogens with one attached hydrogen (secondary N) is 2. The second-order valence-electron chi connectivity index (χ2n) is 6.75. The van der Waals surface area contributed by atoms with E-state index in [1.54, 1.807) is 4.90 Å². The van der Waals surface area contributed by atoms with Gasteiger partial charge in [0.15, 0.2) is 0 Å². The third kappa shape index (κ3) is 3.30. The van der Waals surface area contributed by atoms with Crippen LogP contribution in [0.1, 0.15) is 31.5 Å². The van der Waals surface area contributed by atoms with Crippen molar-refractivity contribution in [1.29, 1.82) is 0 Å². The van der Waals surface area contributed by atoms with E-state index in [9.17, 15) is 14.4 Å². The molecule has 1 saturated carbocycles. The largest absolute Gasteiger partial charge is 0.345 e. The zero-order valence-electron chi connectivity index (χ0n) is 13.5. The Hall–Kier alpha value is -2.12. The lowest BCUT2D eigenvalue weighted by Crippen LogP contribution is -2.39. The summed E-state index contributed by atoms with van der Waals surface area (Å²) in [6.07, 6.45) is 3.22. The topological polar surface area (TPSA) is 102 Å². The number of rotatable bonds is 4. The minimum absolute atomic E-state index is 0.0529. The summed E-state index contributed by atoms with van der Waals surface area (Å²) in [4.78, 5) is 41.3. The van der Waals surface area contributed by atoms with Gasteiger partial charge in [-0.1, -0.05) is 0 Å². The normalized spacial score (nSPS) is 27.1. The molecule has 1 aromatic heterocycles. The second-order valence-corrected chi connectivity index (χ2v) is 6.75. The first-order valence-corrected chi connectivity index (χ1v) is 8.07. The number of carbonyl (C=O) groups is 2. The number of aromatic amines is 2. The number of piperidine rings is 1. The molecule has 1 aliphatic heterocycles. The van der Waals surface area contributed by atoms with Crippen molar-refractivity contribution in [2.24, 2.45) is 11.8 Å². The van der Waals surface area contributed by atoms with Gasteiger partial charge in [0.05, 0.1) is 0 Å². The van der Waals surface area contributed by atoms with Gasteiger partial charge in [0, 0.05) is 45.9 Å². The van der Waals surface area contributed by atoms with Crippen LogP contribution in [0.4, 0.5) is 0 Å². The first-order chi connectivity index (χ1) is 10.9. The van der Waals surface area contributed by atoms with Gasteiger partial charge in [0.25, 0.3) is 0 Å². The highest BCUT2D eigenvalue weighted by Gasteiger charge is 2.42. The highest BCUT2D eigenvalue weighted by Crippen LogP contribution is 2.40. The van der Waals surface area contributed by atoms with E-state index in [2.05, 4.69) is 15.2 Å². The molecule has 2 amide bonds. The fourth-order valence-electron chi connectivity index (χ4n) is 3.83. The van der Waals surface area contributed by atoms with E-state index in [1.807, 2.05) is 19.0 Å². The maximum Gasteiger partial charge on any atom is 0.340 e. The Bertz CT molecular complexity index is 652. The molecule has 0 spiro atoms. The number of H-pyrrole nitrogens is 2. The average Bonchev–Trinajstić information content (AvgIpc) is 3.10. The van der Waals surface area contributed by atoms with Crippen molar-refractivity contribution in [3.05, 3.63) is 16.3 Å². The van der Waals surface area contributed by atoms with E-state index in [-0.39, 0.29) is 23.5 Å². The Morgan fingerprint density at radius 1 is 1.35 bits per heavy atom. The van der Waals surface area contributed by atoms with Crippen LogP contribution < -0.4 is 5.69 Å². The lowest BCUT2D eigenvalue weighted by molar-refractivity contribution is -0.135. The van der Waals surface area contributed by atoms with Gasteiger partial charge in [0.1, 0.15) is 5.82 Å². The molecule has 2 heterocycles. The number of aryl methyl sites for hydroxylation is 1. The predicted octanol–water partition coefficient (Wildman–Crippen LogP) is -0.254. The average molecular weight is 321 g/mol. The third-order valence-electron chi connectivity index (χ3n) is 5.25. The Kier molecular flexibility index (Phi) is 4.23. The van der Waals surface area contributed by atoms with Crippen LogP contribution in [-0.4, -0.2) is 63.5 Å². The van der Waals surface area contributed by atoms with Crippen LogP contribution in [-0.2, 0) is 16.0 Å². The van der Waals surface area contributed by atoms with Crippen LogP contribution >= 0.6 is 0 Å². The van der Waals surface area contributed by atoms with Crippen LogP contribution in [0.2, 0.25) is 0 Å². The quantitative estimate of drug-likeness (QED) is 0.798. The maximum absolute atomic E-state index is 12.4. The van der Waals surface area contributed by atoms with Crippen LogP contribution in [0.25, 0.3) is 0 Å². The molecule has 3 rings (SSSR count). The van der Waals surface area contributed by atoms with E-state index < -0.39 is 0 Å². The Labute approximate surface area is 134 Å². The first-order valence-electron chi connectivity index (χ1n) is 8.07. The minimum atomic E-state index is -0.352. The van der Waals surface area contributed by atoms with Gasteiger partial charge in [-0.2, -0.15) is 5.10 Å². The van der Waals surface area contributed by atoms with Gasteiger partial charge < -0.3 is 9.80 Å². The van der Waals surface area contributed by atoms with Gasteiger partial charge in [0.2, 0.25) is 11.8 Å². The number of hydrogen-bond acceptors (Lipinski definition) is 4. The Morgan fingerprint density at radius 2 is 2.09 bits per heavy atom. The smallest absolute Gasteiger partial charge is 0.340 e. The third-order valence-corrected chi connectivity index (χ3v) is 5.25. The molecule has 2 N–H and O–H groups in total. The monoisotopic (exact) mass is 321 g/mol. The van der Waals surface area contributed by atoms with Crippen molar-refractivity contribution < 1.29 is 9.59 Å². The fraction of sp³-hybridized carbons (Fsp3) is 0.733. The number of aromatic nitrogens is 3. The lowest BCUT2D eigenvalue weighted by atomic mass is 9.88. The van der Waals surface area contributed by atoms with Gasteiger partial charge in [-0.3, -0.25) is 14.6 Å². The van der Waals surface area contributed by atoms with E-state index in [0.717, 1.165) is 19.4 Å². The van der Waals surface area contributed by atoms with E-state index in [4.69, 9.17) is 0 Å². The molecule has 1 saturated heterocycles. The van der Waals surface area contributed by atoms with E-state index in [1.165, 1.54) is 0 Å². The molecule has 0 unspecified atom stereocenters. The fourth-order valence-corrected chi connectivity index (χ4v) is 3.83. The summed E-state index contributed by atoms with van der Waals surface area (Å²) in [6.45, 7) is 0.802. The van der Waals surface area contributed by atoms with E-state index in [0.29, 0.717) is 36.9 Å². The predicted molar refractivity (Wildman–Crippen MR) is 82.6 cm³/mol. The van der Waals surface area contributed by atoms with Crippen molar-refractivity contribution in [3.63, 3.8) is 0 Å². The number of hydrogen-bond donors (Lipinski definition) is 2. The summed E-state index contributed by atoms with van der Waals surface area (Å²) in [6, 6.07) is 0.204. The van der Waals surface area contributed by atoms with Crippen LogP contribution in [0.3, 0.4) is 0 Å². The summed E-state index contributed by atoms with van der Waals surface area (Å²) < 4.78 is 0. The van der Waals surface area contributed by atoms with Crippen molar-refractivity contribution in [3.8, 4) is 0 Å². The molecule has 8 nitrogen and oxygen atoms in total. The molecule has 1 aromatic rings. The summed E-state index contributed by atoms with van der Waals surface area (Å²) in [7, 11) is 3.69. The summed E-state index contributed by atoms with van der Waals surface area (Å²) in [5.74, 6) is 1.67. The summed E-state index contributed by atoms with van der Waals surface area (Å²) in [5.41, 5.74) is -0.352. The van der Waals surface area contributed by atoms with Gasteiger partial charge in [-0.05, 0) is 24.7 Å². The number of nitrogens with zero attached hydrogens (tertiary/aromatic N) is 3. The number of carbonyl (C=O) groups excluding carboxylic acids is 2. The highest BCUT2D eigenvalue weighted by molar-refractivity contribution is 5.78. The SMILES string of the molecule is CN1C[C@H]2C[C@@H](N(C)C(=O)CCc3n[nH]c(=O)[nH]3)C[C@H]2CC1=O. The molecular weight excluding hydrogens is 298 g/mol. The molecule has 3 atom stereocenters. The molecule has 23 heavy (non-hydrogen) atoms. The molecule has 1 aliphatic carbocycles. The second kappa shape index (κ2) is 6.17. The van der Waals surface area contributed by atoms with Crippen molar-refractivity contribution in [1.82, 2.24) is 25.0 Å². The van der Waals surface area contributed by atoms with Gasteiger partial charge >= 0.3 is 5.69 Å². The zero-order chi connectivity index (χ0) is 16.6. The van der Waals surface area contributed by atoms with Crippen molar-refractivity contribution >= 4 is 11.8 Å². The summed E-state index contributed by atoms with van der Waals surface area (Å²) in [5, 5.41) is 6.11. The van der Waals surface area contributed by atoms with Crippen molar-refractivity contribution in [2.75, 3.05) is 20.6 Å². The number of fused-ring (bicyclic) bond motifs is 1. The van der Waals surface area contributed by atoms with Crippen molar-refractivity contribution in [2.45, 2.75) is 38.1 Å². The van der Waals surface area contributed by atoms with Crippen LogP contribution in [0.5, 0.6) is 0 Å².